The van der Waals surface area contributed by atoms with E-state index in [4.69, 9.17) is 0 Å². The van der Waals surface area contributed by atoms with Gasteiger partial charge in [0.2, 0.25) is 5.78 Å². The smallest absolute Gasteiger partial charge is 0.213 e. The molecule has 1 aromatic heterocycles. The molecule has 0 radical (unpaired) electrons. The van der Waals surface area contributed by atoms with Gasteiger partial charge in [-0.05, 0) is 12.1 Å². The van der Waals surface area contributed by atoms with Crippen LogP contribution in [-0.2, 0) is 0 Å². The van der Waals surface area contributed by atoms with Gasteiger partial charge in [0.15, 0.2) is 5.78 Å². The minimum absolute atomic E-state index is 0.460. The molecule has 10 heteroatoms. The van der Waals surface area contributed by atoms with Crippen molar-refractivity contribution in [3.63, 3.8) is 0 Å². The fourth-order valence-electron chi connectivity index (χ4n) is 2.39. The highest BCUT2D eigenvalue weighted by Gasteiger charge is 2.44. The Morgan fingerprint density at radius 3 is 1.71 bits per heavy atom. The predicted molar refractivity (Wildman–Crippen MR) is 74.9 cm³/mol. The van der Waals surface area contributed by atoms with E-state index in [1.54, 1.807) is 0 Å². The molecule has 0 spiro atoms. The molecule has 1 aromatic rings. The van der Waals surface area contributed by atoms with E-state index in [1.165, 1.54) is 6.07 Å². The number of pyridine rings is 1. The minimum Gasteiger partial charge on any atom is -0.387 e. The fourth-order valence-corrected chi connectivity index (χ4v) is 2.39. The van der Waals surface area contributed by atoms with E-state index < -0.39 is 65.6 Å². The lowest BCUT2D eigenvalue weighted by Crippen LogP contribution is -2.55. The number of carbonyl (C=O) groups is 2. The average molecular weight is 343 g/mol. The Morgan fingerprint density at radius 2 is 1.17 bits per heavy atom. The van der Waals surface area contributed by atoms with Crippen LogP contribution in [0, 0.1) is 0 Å². The molecule has 24 heavy (non-hydrogen) atoms. The van der Waals surface area contributed by atoms with Crippen LogP contribution in [0.15, 0.2) is 18.3 Å². The highest BCUT2D eigenvalue weighted by molar-refractivity contribution is 6.10. The fraction of sp³-hybridized carbons (Fsp3) is 0.500. The molecule has 7 N–H and O–H groups in total. The molecule has 0 aromatic carbocycles. The van der Waals surface area contributed by atoms with E-state index in [1.807, 2.05) is 0 Å². The second kappa shape index (κ2) is 6.99. The molecule has 2 rings (SSSR count). The maximum absolute atomic E-state index is 12.2. The summed E-state index contributed by atoms with van der Waals surface area (Å²) in [6.07, 6.45) is -14.6. The van der Waals surface area contributed by atoms with Crippen LogP contribution in [-0.4, -0.2) is 95.0 Å². The first kappa shape index (κ1) is 18.5. The Kier molecular flexibility index (Phi) is 5.40. The van der Waals surface area contributed by atoms with Crippen molar-refractivity contribution in [3.8, 4) is 0 Å². The van der Waals surface area contributed by atoms with Crippen LogP contribution in [0.25, 0.3) is 0 Å². The SMILES string of the molecule is O=C1c2cccnc2C(=O)C(O)C(O)C(O)C(O)C(O)C(O)C1O. The maximum Gasteiger partial charge on any atom is 0.213 e. The lowest BCUT2D eigenvalue weighted by molar-refractivity contribution is -0.158. The number of rotatable bonds is 0. The van der Waals surface area contributed by atoms with Crippen LogP contribution in [0.1, 0.15) is 20.8 Å². The number of aliphatic hydroxyl groups excluding tert-OH is 7. The third-order valence-corrected chi connectivity index (χ3v) is 3.89. The van der Waals surface area contributed by atoms with Crippen LogP contribution in [0.4, 0.5) is 0 Å². The van der Waals surface area contributed by atoms with Crippen molar-refractivity contribution in [3.05, 3.63) is 29.6 Å². The Hall–Kier alpha value is -1.79. The van der Waals surface area contributed by atoms with Crippen LogP contribution < -0.4 is 0 Å². The van der Waals surface area contributed by atoms with Gasteiger partial charge in [-0.25, -0.2) is 0 Å². The molecule has 1 heterocycles. The molecule has 0 fully saturated rings. The van der Waals surface area contributed by atoms with Crippen LogP contribution in [0.3, 0.4) is 0 Å². The van der Waals surface area contributed by atoms with Crippen molar-refractivity contribution in [2.45, 2.75) is 42.7 Å². The third kappa shape index (κ3) is 3.08. The quantitative estimate of drug-likeness (QED) is 0.244. The third-order valence-electron chi connectivity index (χ3n) is 3.89. The number of aliphatic hydroxyl groups is 7. The number of ketones is 2. The summed E-state index contributed by atoms with van der Waals surface area (Å²) in [5, 5.41) is 68.7. The number of fused-ring (bicyclic) bond motifs is 1. The van der Waals surface area contributed by atoms with Crippen molar-refractivity contribution in [2.75, 3.05) is 0 Å². The topological polar surface area (TPSA) is 189 Å². The summed E-state index contributed by atoms with van der Waals surface area (Å²) in [4.78, 5) is 28.1. The summed E-state index contributed by atoms with van der Waals surface area (Å²) in [5.41, 5.74) is -1.06. The molecular formula is C14H17NO9. The minimum atomic E-state index is -2.27. The Morgan fingerprint density at radius 1 is 0.708 bits per heavy atom. The van der Waals surface area contributed by atoms with Gasteiger partial charge >= 0.3 is 0 Å². The average Bonchev–Trinajstić information content (AvgIpc) is 2.61. The highest BCUT2D eigenvalue weighted by atomic mass is 16.4. The molecule has 0 saturated heterocycles. The van der Waals surface area contributed by atoms with Gasteiger partial charge in [0.1, 0.15) is 48.4 Å². The first-order valence-corrected chi connectivity index (χ1v) is 6.98. The van der Waals surface area contributed by atoms with Gasteiger partial charge in [-0.1, -0.05) is 0 Å². The standard InChI is InChI=1S/C14H17NO9/c16-6-4-2-1-3-15-5(4)7(17)9(19)11(21)13(23)14(24)12(22)10(20)8(6)18/h1-3,8-14,18-24H. The largest absolute Gasteiger partial charge is 0.387 e. The van der Waals surface area contributed by atoms with E-state index in [2.05, 4.69) is 4.98 Å². The molecule has 0 saturated carbocycles. The normalized spacial score (nSPS) is 38.4. The van der Waals surface area contributed by atoms with E-state index in [-0.39, 0.29) is 0 Å². The van der Waals surface area contributed by atoms with Crippen molar-refractivity contribution in [1.29, 1.82) is 0 Å². The van der Waals surface area contributed by atoms with E-state index in [0.717, 1.165) is 12.3 Å². The summed E-state index contributed by atoms with van der Waals surface area (Å²) in [6, 6.07) is 2.35. The lowest BCUT2D eigenvalue weighted by Gasteiger charge is -2.30. The van der Waals surface area contributed by atoms with Crippen LogP contribution >= 0.6 is 0 Å². The number of hydrogen-bond acceptors (Lipinski definition) is 10. The zero-order valence-electron chi connectivity index (χ0n) is 12.2. The lowest BCUT2D eigenvalue weighted by atomic mass is 9.93. The molecule has 0 amide bonds. The zero-order chi connectivity index (χ0) is 18.2. The van der Waals surface area contributed by atoms with Crippen molar-refractivity contribution >= 4 is 11.6 Å². The number of hydrogen-bond donors (Lipinski definition) is 7. The first-order chi connectivity index (χ1) is 11.2. The van der Waals surface area contributed by atoms with Gasteiger partial charge in [-0.2, -0.15) is 0 Å². The highest BCUT2D eigenvalue weighted by Crippen LogP contribution is 2.21. The molecule has 7 unspecified atom stereocenters. The number of Topliss-reactive ketones (excluding diaryl/α,β-unsaturated/α-hetero) is 2. The van der Waals surface area contributed by atoms with Crippen molar-refractivity contribution in [1.82, 2.24) is 4.98 Å². The van der Waals surface area contributed by atoms with Crippen LogP contribution in [0.5, 0.6) is 0 Å². The van der Waals surface area contributed by atoms with Gasteiger partial charge in [0.05, 0.1) is 0 Å². The monoisotopic (exact) mass is 343 g/mol. The summed E-state index contributed by atoms with van der Waals surface area (Å²) in [7, 11) is 0. The molecule has 7 atom stereocenters. The Balaban J connectivity index is 2.60. The molecule has 0 aliphatic heterocycles. The molecule has 0 bridgehead atoms. The number of aromatic nitrogens is 1. The predicted octanol–water partition coefficient (Wildman–Crippen LogP) is -4.01. The molecule has 10 nitrogen and oxygen atoms in total. The molecule has 1 aliphatic carbocycles. The zero-order valence-corrected chi connectivity index (χ0v) is 12.2. The van der Waals surface area contributed by atoms with E-state index in [0.29, 0.717) is 0 Å². The summed E-state index contributed by atoms with van der Waals surface area (Å²) in [5.74, 6) is -2.43. The molecule has 132 valence electrons. The van der Waals surface area contributed by atoms with Gasteiger partial charge in [-0.15, -0.1) is 0 Å². The second-order valence-corrected chi connectivity index (χ2v) is 5.47. The van der Waals surface area contributed by atoms with Crippen LogP contribution in [0.2, 0.25) is 0 Å². The summed E-state index contributed by atoms with van der Waals surface area (Å²) in [6.45, 7) is 0. The molecular weight excluding hydrogens is 326 g/mol. The second-order valence-electron chi connectivity index (χ2n) is 5.47. The summed E-state index contributed by atoms with van der Waals surface area (Å²) < 4.78 is 0. The van der Waals surface area contributed by atoms with Gasteiger partial charge in [0, 0.05) is 11.8 Å². The van der Waals surface area contributed by atoms with Gasteiger partial charge < -0.3 is 35.7 Å². The number of carbonyl (C=O) groups excluding carboxylic acids is 2. The van der Waals surface area contributed by atoms with Crippen molar-refractivity contribution < 1.29 is 45.3 Å². The number of nitrogens with zero attached hydrogens (tertiary/aromatic N) is 1. The first-order valence-electron chi connectivity index (χ1n) is 6.98. The van der Waals surface area contributed by atoms with Crippen molar-refractivity contribution in [2.24, 2.45) is 0 Å². The Labute approximate surface area is 135 Å². The van der Waals surface area contributed by atoms with Gasteiger partial charge in [-0.3, -0.25) is 14.6 Å². The maximum atomic E-state index is 12.2. The molecule has 1 aliphatic rings. The van der Waals surface area contributed by atoms with E-state index >= 15 is 0 Å². The van der Waals surface area contributed by atoms with E-state index in [9.17, 15) is 45.3 Å². The Bertz CT molecular complexity index is 583. The summed E-state index contributed by atoms with van der Waals surface area (Å²) >= 11 is 0. The van der Waals surface area contributed by atoms with Gasteiger partial charge in [0.25, 0.3) is 0 Å².